The van der Waals surface area contributed by atoms with Crippen LogP contribution in [0.3, 0.4) is 0 Å². The first-order valence-electron chi connectivity index (χ1n) is 10.3. The molecule has 138 valence electrons. The van der Waals surface area contributed by atoms with Crippen molar-refractivity contribution in [3.8, 4) is 0 Å². The van der Waals surface area contributed by atoms with Gasteiger partial charge in [-0.25, -0.2) is 0 Å². The summed E-state index contributed by atoms with van der Waals surface area (Å²) in [6.07, 6.45) is 9.87. The van der Waals surface area contributed by atoms with E-state index in [1.807, 2.05) is 7.11 Å². The highest BCUT2D eigenvalue weighted by atomic mass is 16.5. The van der Waals surface area contributed by atoms with Crippen LogP contribution >= 0.6 is 0 Å². The molecule has 25 heavy (non-hydrogen) atoms. The zero-order valence-electron chi connectivity index (χ0n) is 16.0. The predicted octanol–water partition coefficient (Wildman–Crippen LogP) is 4.24. The van der Waals surface area contributed by atoms with E-state index in [1.54, 1.807) is 0 Å². The first-order valence-corrected chi connectivity index (χ1v) is 10.3. The normalized spacial score (nSPS) is 31.8. The van der Waals surface area contributed by atoms with Crippen molar-refractivity contribution in [1.29, 1.82) is 0 Å². The molecule has 2 saturated heterocycles. The van der Waals surface area contributed by atoms with Gasteiger partial charge in [0.05, 0.1) is 6.10 Å². The van der Waals surface area contributed by atoms with Crippen molar-refractivity contribution < 1.29 is 4.74 Å². The van der Waals surface area contributed by atoms with Crippen LogP contribution in [-0.2, 0) is 4.74 Å². The van der Waals surface area contributed by atoms with Gasteiger partial charge < -0.3 is 9.64 Å². The van der Waals surface area contributed by atoms with Crippen molar-refractivity contribution in [2.24, 2.45) is 5.41 Å². The molecule has 3 fully saturated rings. The van der Waals surface area contributed by atoms with Crippen molar-refractivity contribution in [3.63, 3.8) is 0 Å². The lowest BCUT2D eigenvalue weighted by molar-refractivity contribution is -0.0469. The van der Waals surface area contributed by atoms with Gasteiger partial charge in [0.2, 0.25) is 0 Å². The molecule has 1 aromatic carbocycles. The topological polar surface area (TPSA) is 15.7 Å². The van der Waals surface area contributed by atoms with Gasteiger partial charge in [0, 0.05) is 43.9 Å². The Morgan fingerprint density at radius 2 is 1.68 bits per heavy atom. The van der Waals surface area contributed by atoms with Crippen molar-refractivity contribution in [2.75, 3.05) is 38.2 Å². The maximum atomic E-state index is 5.89. The molecule has 0 bridgehead atoms. The monoisotopic (exact) mass is 342 g/mol. The highest BCUT2D eigenvalue weighted by molar-refractivity contribution is 5.47. The number of ether oxygens (including phenoxy) is 1. The lowest BCUT2D eigenvalue weighted by Gasteiger charge is -2.48. The number of hydrogen-bond donors (Lipinski definition) is 0. The summed E-state index contributed by atoms with van der Waals surface area (Å²) in [5.41, 5.74) is 3.21. The van der Waals surface area contributed by atoms with Crippen LogP contribution in [0.2, 0.25) is 0 Å². The molecule has 3 heteroatoms. The lowest BCUT2D eigenvalue weighted by Crippen LogP contribution is -2.53. The van der Waals surface area contributed by atoms with E-state index in [1.165, 1.54) is 82.4 Å². The molecule has 0 aromatic heterocycles. The molecule has 0 radical (unpaired) electrons. The molecular formula is C22H34N2O. The minimum atomic E-state index is 0.459. The Morgan fingerprint density at radius 3 is 2.40 bits per heavy atom. The third-order valence-electron chi connectivity index (χ3n) is 7.13. The number of hydrogen-bond acceptors (Lipinski definition) is 3. The zero-order valence-corrected chi connectivity index (χ0v) is 16.0. The van der Waals surface area contributed by atoms with Crippen LogP contribution in [0.4, 0.5) is 5.69 Å². The molecule has 1 spiro atoms. The Balaban J connectivity index is 1.36. The van der Waals surface area contributed by atoms with Gasteiger partial charge in [-0.1, -0.05) is 24.1 Å². The van der Waals surface area contributed by atoms with Crippen molar-refractivity contribution in [1.82, 2.24) is 4.90 Å². The van der Waals surface area contributed by atoms with Gasteiger partial charge in [-0.3, -0.25) is 4.90 Å². The van der Waals surface area contributed by atoms with E-state index in [0.29, 0.717) is 11.5 Å². The van der Waals surface area contributed by atoms with Crippen LogP contribution < -0.4 is 4.90 Å². The number of aryl methyl sites for hydroxylation is 1. The molecule has 0 unspecified atom stereocenters. The zero-order chi connectivity index (χ0) is 17.3. The van der Waals surface area contributed by atoms with E-state index in [4.69, 9.17) is 4.74 Å². The summed E-state index contributed by atoms with van der Waals surface area (Å²) >= 11 is 0. The molecule has 2 atom stereocenters. The van der Waals surface area contributed by atoms with E-state index in [9.17, 15) is 0 Å². The number of rotatable bonds is 3. The third-order valence-corrected chi connectivity index (χ3v) is 7.13. The number of likely N-dealkylation sites (tertiary alicyclic amines) is 1. The summed E-state index contributed by atoms with van der Waals surface area (Å²) in [7, 11) is 1.93. The number of methoxy groups -OCH3 is 1. The molecule has 3 aliphatic rings. The van der Waals surface area contributed by atoms with Crippen molar-refractivity contribution in [2.45, 2.75) is 64.0 Å². The molecule has 1 saturated carbocycles. The highest BCUT2D eigenvalue weighted by Crippen LogP contribution is 2.47. The molecular weight excluding hydrogens is 308 g/mol. The average Bonchev–Trinajstić information content (AvgIpc) is 3.04. The second-order valence-corrected chi connectivity index (χ2v) is 8.61. The van der Waals surface area contributed by atoms with Gasteiger partial charge in [-0.05, 0) is 64.1 Å². The summed E-state index contributed by atoms with van der Waals surface area (Å²) in [4.78, 5) is 5.40. The van der Waals surface area contributed by atoms with Crippen LogP contribution in [-0.4, -0.2) is 50.3 Å². The first kappa shape index (κ1) is 17.4. The van der Waals surface area contributed by atoms with Crippen LogP contribution in [0.5, 0.6) is 0 Å². The second-order valence-electron chi connectivity index (χ2n) is 8.61. The number of piperidine rings is 2. The fraction of sp³-hybridized carbons (Fsp3) is 0.727. The molecule has 2 aliphatic heterocycles. The van der Waals surface area contributed by atoms with Crippen LogP contribution in [0.15, 0.2) is 24.3 Å². The van der Waals surface area contributed by atoms with Gasteiger partial charge in [-0.15, -0.1) is 0 Å². The Bertz CT molecular complexity index is 564. The van der Waals surface area contributed by atoms with Crippen LogP contribution in [0.25, 0.3) is 0 Å². The summed E-state index contributed by atoms with van der Waals surface area (Å²) < 4.78 is 5.89. The maximum Gasteiger partial charge on any atom is 0.0639 e. The van der Waals surface area contributed by atoms with Crippen molar-refractivity contribution >= 4 is 5.69 Å². The third kappa shape index (κ3) is 3.46. The Hall–Kier alpha value is -1.06. The molecule has 1 aliphatic carbocycles. The SMILES string of the molecule is CO[C@@H]1CCC[C@]12CCCN(C1CCN(c3ccc(C)cc3)CC1)C2. The summed E-state index contributed by atoms with van der Waals surface area (Å²) in [6, 6.07) is 9.82. The quantitative estimate of drug-likeness (QED) is 0.817. The van der Waals surface area contributed by atoms with Gasteiger partial charge in [0.15, 0.2) is 0 Å². The maximum absolute atomic E-state index is 5.89. The van der Waals surface area contributed by atoms with Gasteiger partial charge in [-0.2, -0.15) is 0 Å². The van der Waals surface area contributed by atoms with E-state index < -0.39 is 0 Å². The first-order chi connectivity index (χ1) is 12.2. The molecule has 0 N–H and O–H groups in total. The average molecular weight is 343 g/mol. The fourth-order valence-corrected chi connectivity index (χ4v) is 5.69. The molecule has 2 heterocycles. The Kier molecular flexibility index (Phi) is 5.06. The fourth-order valence-electron chi connectivity index (χ4n) is 5.69. The largest absolute Gasteiger partial charge is 0.381 e. The molecule has 0 amide bonds. The standard InChI is InChI=1S/C22H34N2O/c1-18-6-8-19(9-7-18)23-15-10-20(11-16-23)24-14-4-13-22(17-24)12-3-5-21(22)25-2/h6-9,20-21H,3-5,10-17H2,1-2H3/t21-,22-/m1/s1. The highest BCUT2D eigenvalue weighted by Gasteiger charge is 2.46. The number of benzene rings is 1. The predicted molar refractivity (Wildman–Crippen MR) is 104 cm³/mol. The van der Waals surface area contributed by atoms with Crippen LogP contribution in [0.1, 0.15) is 50.5 Å². The van der Waals surface area contributed by atoms with Gasteiger partial charge in [0.25, 0.3) is 0 Å². The molecule has 4 rings (SSSR count). The molecule has 1 aromatic rings. The van der Waals surface area contributed by atoms with Gasteiger partial charge >= 0.3 is 0 Å². The summed E-state index contributed by atoms with van der Waals surface area (Å²) in [6.45, 7) is 7.14. The second kappa shape index (κ2) is 7.28. The summed E-state index contributed by atoms with van der Waals surface area (Å²) in [5.74, 6) is 0. The van der Waals surface area contributed by atoms with E-state index in [2.05, 4.69) is 41.0 Å². The smallest absolute Gasteiger partial charge is 0.0639 e. The van der Waals surface area contributed by atoms with E-state index in [0.717, 1.165) is 6.04 Å². The Morgan fingerprint density at radius 1 is 0.960 bits per heavy atom. The minimum Gasteiger partial charge on any atom is -0.381 e. The minimum absolute atomic E-state index is 0.459. The molecule has 3 nitrogen and oxygen atoms in total. The number of nitrogens with zero attached hydrogens (tertiary/aromatic N) is 2. The van der Waals surface area contributed by atoms with Gasteiger partial charge in [0.1, 0.15) is 0 Å². The summed E-state index contributed by atoms with van der Waals surface area (Å²) in [5, 5.41) is 0. The van der Waals surface area contributed by atoms with Crippen LogP contribution in [0, 0.1) is 12.3 Å². The van der Waals surface area contributed by atoms with E-state index >= 15 is 0 Å². The number of anilines is 1. The van der Waals surface area contributed by atoms with Crippen molar-refractivity contribution in [3.05, 3.63) is 29.8 Å². The Labute approximate surface area is 153 Å². The lowest BCUT2D eigenvalue weighted by atomic mass is 9.76. The van der Waals surface area contributed by atoms with E-state index in [-0.39, 0.29) is 0 Å².